The van der Waals surface area contributed by atoms with E-state index in [0.29, 0.717) is 41.0 Å². The van der Waals surface area contributed by atoms with Crippen LogP contribution in [0.4, 0.5) is 0 Å². The van der Waals surface area contributed by atoms with Crippen LogP contribution in [0.15, 0.2) is 59.5 Å². The van der Waals surface area contributed by atoms with Crippen LogP contribution in [0.5, 0.6) is 17.4 Å². The standard InChI is InChI=1S/C23H23N5O4S/c1-30-17-9-8-15(14-18(17)31-2)22-26-25-20-10-11-21(27-28(20)22)32-13-12-24-23(29)16-6-4-5-7-19(16)33-3/h4-11,14H,12-13H2,1-3H3,(H,24,29). The molecule has 170 valence electrons. The van der Waals surface area contributed by atoms with Gasteiger partial charge in [-0.05, 0) is 42.7 Å². The van der Waals surface area contributed by atoms with E-state index >= 15 is 0 Å². The van der Waals surface area contributed by atoms with E-state index < -0.39 is 0 Å². The monoisotopic (exact) mass is 465 g/mol. The Labute approximate surface area is 195 Å². The van der Waals surface area contributed by atoms with Crippen LogP contribution in [0.25, 0.3) is 17.0 Å². The second-order valence-corrected chi connectivity index (χ2v) is 7.69. The molecule has 4 rings (SSSR count). The molecule has 33 heavy (non-hydrogen) atoms. The second-order valence-electron chi connectivity index (χ2n) is 6.84. The lowest BCUT2D eigenvalue weighted by atomic mass is 10.2. The third-order valence-corrected chi connectivity index (χ3v) is 5.67. The zero-order valence-electron chi connectivity index (χ0n) is 18.4. The maximum absolute atomic E-state index is 12.4. The van der Waals surface area contributed by atoms with Crippen molar-refractivity contribution >= 4 is 23.3 Å². The Morgan fingerprint density at radius 1 is 1.03 bits per heavy atom. The second kappa shape index (κ2) is 10.2. The number of carbonyl (C=O) groups is 1. The van der Waals surface area contributed by atoms with Crippen molar-refractivity contribution in [3.05, 3.63) is 60.2 Å². The van der Waals surface area contributed by atoms with Crippen molar-refractivity contribution in [3.8, 4) is 28.8 Å². The van der Waals surface area contributed by atoms with Gasteiger partial charge >= 0.3 is 0 Å². The van der Waals surface area contributed by atoms with Gasteiger partial charge in [0.25, 0.3) is 5.91 Å². The van der Waals surface area contributed by atoms with Gasteiger partial charge in [-0.25, -0.2) is 0 Å². The number of thioether (sulfide) groups is 1. The predicted molar refractivity (Wildman–Crippen MR) is 125 cm³/mol. The van der Waals surface area contributed by atoms with Gasteiger partial charge in [-0.1, -0.05) is 12.1 Å². The number of rotatable bonds is 9. The van der Waals surface area contributed by atoms with Crippen molar-refractivity contribution < 1.29 is 19.0 Å². The smallest absolute Gasteiger partial charge is 0.252 e. The van der Waals surface area contributed by atoms with Gasteiger partial charge in [0.1, 0.15) is 6.61 Å². The fourth-order valence-corrected chi connectivity index (χ4v) is 3.85. The summed E-state index contributed by atoms with van der Waals surface area (Å²) in [6.07, 6.45) is 1.94. The molecule has 9 nitrogen and oxygen atoms in total. The highest BCUT2D eigenvalue weighted by molar-refractivity contribution is 7.98. The van der Waals surface area contributed by atoms with Crippen molar-refractivity contribution in [2.45, 2.75) is 4.90 Å². The van der Waals surface area contributed by atoms with Crippen molar-refractivity contribution in [1.82, 2.24) is 25.1 Å². The molecule has 0 unspecified atom stereocenters. The number of fused-ring (bicyclic) bond motifs is 1. The Morgan fingerprint density at radius 2 is 1.85 bits per heavy atom. The largest absolute Gasteiger partial charge is 0.493 e. The lowest BCUT2D eigenvalue weighted by Crippen LogP contribution is -2.28. The molecule has 0 saturated carbocycles. The molecule has 0 aliphatic heterocycles. The molecular formula is C23H23N5O4S. The SMILES string of the molecule is COc1ccc(-c2nnc3ccc(OCCNC(=O)c4ccccc4SC)nn23)cc1OC. The number of benzene rings is 2. The molecule has 0 fully saturated rings. The number of hydrogen-bond acceptors (Lipinski definition) is 8. The minimum absolute atomic E-state index is 0.137. The summed E-state index contributed by atoms with van der Waals surface area (Å²) >= 11 is 1.53. The number of nitrogens with zero attached hydrogens (tertiary/aromatic N) is 4. The fourth-order valence-electron chi connectivity index (χ4n) is 3.25. The molecule has 10 heteroatoms. The van der Waals surface area contributed by atoms with Crippen LogP contribution < -0.4 is 19.5 Å². The molecule has 2 aromatic carbocycles. The normalized spacial score (nSPS) is 10.8. The molecule has 0 aliphatic carbocycles. The average Bonchev–Trinajstić information content (AvgIpc) is 3.29. The first-order valence-corrected chi connectivity index (χ1v) is 11.4. The molecule has 0 spiro atoms. The molecule has 0 radical (unpaired) electrons. The molecule has 1 N–H and O–H groups in total. The van der Waals surface area contributed by atoms with Crippen LogP contribution in [0, 0.1) is 0 Å². The highest BCUT2D eigenvalue weighted by Gasteiger charge is 2.14. The van der Waals surface area contributed by atoms with Crippen LogP contribution in [0.1, 0.15) is 10.4 Å². The zero-order chi connectivity index (χ0) is 23.2. The van der Waals surface area contributed by atoms with Gasteiger partial charge in [0, 0.05) is 16.5 Å². The van der Waals surface area contributed by atoms with Crippen LogP contribution in [-0.2, 0) is 0 Å². The summed E-state index contributed by atoms with van der Waals surface area (Å²) in [5.41, 5.74) is 1.99. The van der Waals surface area contributed by atoms with Crippen molar-refractivity contribution in [3.63, 3.8) is 0 Å². The minimum atomic E-state index is -0.137. The zero-order valence-corrected chi connectivity index (χ0v) is 19.3. The highest BCUT2D eigenvalue weighted by atomic mass is 32.2. The van der Waals surface area contributed by atoms with Crippen LogP contribution >= 0.6 is 11.8 Å². The maximum Gasteiger partial charge on any atom is 0.252 e. The van der Waals surface area contributed by atoms with Crippen molar-refractivity contribution in [2.24, 2.45) is 0 Å². The lowest BCUT2D eigenvalue weighted by molar-refractivity contribution is 0.0943. The van der Waals surface area contributed by atoms with Gasteiger partial charge in [-0.2, -0.15) is 4.52 Å². The van der Waals surface area contributed by atoms with E-state index in [0.717, 1.165) is 10.5 Å². The Morgan fingerprint density at radius 3 is 2.64 bits per heavy atom. The summed E-state index contributed by atoms with van der Waals surface area (Å²) < 4.78 is 18.0. The van der Waals surface area contributed by atoms with Crippen molar-refractivity contribution in [1.29, 1.82) is 0 Å². The van der Waals surface area contributed by atoms with Crippen LogP contribution in [0.2, 0.25) is 0 Å². The van der Waals surface area contributed by atoms with Crippen molar-refractivity contribution in [2.75, 3.05) is 33.6 Å². The third kappa shape index (κ3) is 4.85. The van der Waals surface area contributed by atoms with Gasteiger partial charge in [0.05, 0.1) is 26.3 Å². The Hall–Kier alpha value is -3.79. The van der Waals surface area contributed by atoms with E-state index in [9.17, 15) is 4.79 Å². The number of nitrogens with one attached hydrogen (secondary N) is 1. The quantitative estimate of drug-likeness (QED) is 0.297. The summed E-state index contributed by atoms with van der Waals surface area (Å²) in [6.45, 7) is 0.603. The highest BCUT2D eigenvalue weighted by Crippen LogP contribution is 2.31. The van der Waals surface area contributed by atoms with Crippen LogP contribution in [0.3, 0.4) is 0 Å². The van der Waals surface area contributed by atoms with E-state index in [1.54, 1.807) is 43.0 Å². The summed E-state index contributed by atoms with van der Waals surface area (Å²) in [4.78, 5) is 13.4. The van der Waals surface area contributed by atoms with Crippen LogP contribution in [-0.4, -0.2) is 59.3 Å². The summed E-state index contributed by atoms with van der Waals surface area (Å²) in [7, 11) is 3.16. The van der Waals surface area contributed by atoms with E-state index in [1.165, 1.54) is 11.8 Å². The summed E-state index contributed by atoms with van der Waals surface area (Å²) in [6, 6.07) is 16.4. The average molecular weight is 466 g/mol. The van der Waals surface area contributed by atoms with Gasteiger partial charge in [-0.3, -0.25) is 4.79 Å². The van der Waals surface area contributed by atoms with Gasteiger partial charge in [0.2, 0.25) is 5.88 Å². The Balaban J connectivity index is 1.44. The molecule has 4 aromatic rings. The number of aromatic nitrogens is 4. The molecule has 0 saturated heterocycles. The van der Waals surface area contributed by atoms with Gasteiger partial charge < -0.3 is 19.5 Å². The molecule has 0 aliphatic rings. The summed E-state index contributed by atoms with van der Waals surface area (Å²) in [5, 5.41) is 15.8. The molecule has 1 amide bonds. The third-order valence-electron chi connectivity index (χ3n) is 4.87. The van der Waals surface area contributed by atoms with Gasteiger partial charge in [0.15, 0.2) is 23.0 Å². The maximum atomic E-state index is 12.4. The fraction of sp³-hybridized carbons (Fsp3) is 0.217. The number of hydrogen-bond donors (Lipinski definition) is 1. The Bertz CT molecular complexity index is 1280. The molecule has 2 heterocycles. The van der Waals surface area contributed by atoms with E-state index in [2.05, 4.69) is 20.6 Å². The van der Waals surface area contributed by atoms with E-state index in [-0.39, 0.29) is 12.5 Å². The lowest BCUT2D eigenvalue weighted by Gasteiger charge is -2.10. The predicted octanol–water partition coefficient (Wildman–Crippen LogP) is 3.34. The number of carbonyl (C=O) groups excluding carboxylic acids is 1. The Kier molecular flexibility index (Phi) is 6.94. The molecule has 2 aromatic heterocycles. The molecule has 0 bridgehead atoms. The minimum Gasteiger partial charge on any atom is -0.493 e. The molecule has 0 atom stereocenters. The first-order valence-electron chi connectivity index (χ1n) is 10.1. The van der Waals surface area contributed by atoms with Gasteiger partial charge in [-0.15, -0.1) is 27.1 Å². The first kappa shape index (κ1) is 22.4. The number of methoxy groups -OCH3 is 2. The van der Waals surface area contributed by atoms with E-state index in [1.807, 2.05) is 36.6 Å². The topological polar surface area (TPSA) is 99.9 Å². The molecular weight excluding hydrogens is 442 g/mol. The summed E-state index contributed by atoms with van der Waals surface area (Å²) in [5.74, 6) is 2.00. The van der Waals surface area contributed by atoms with E-state index in [4.69, 9.17) is 14.2 Å². The first-order chi connectivity index (χ1) is 16.1. The number of ether oxygens (including phenoxy) is 3. The number of amides is 1.